The molecular weight excluding hydrogens is 460 g/mol. The zero-order valence-corrected chi connectivity index (χ0v) is 15.9. The lowest BCUT2D eigenvalue weighted by atomic mass is 10.1. The first-order valence-electron chi connectivity index (χ1n) is 8.01. The maximum absolute atomic E-state index is 12.8. The minimum atomic E-state index is -6.13. The molecule has 0 atom stereocenters. The Morgan fingerprint density at radius 3 is 2.13 bits per heavy atom. The van der Waals surface area contributed by atoms with Crippen LogP contribution in [0.15, 0.2) is 36.4 Å². The normalized spacial score (nSPS) is 14.6. The average molecular weight is 469 g/mol. The molecule has 0 N–H and O–H groups in total. The Morgan fingerprint density at radius 1 is 0.935 bits per heavy atom. The van der Waals surface area contributed by atoms with Gasteiger partial charge in [-0.2, -0.15) is 21.6 Å². The van der Waals surface area contributed by atoms with E-state index in [0.29, 0.717) is 4.90 Å². The molecule has 1 aliphatic rings. The van der Waals surface area contributed by atoms with E-state index in [4.69, 9.17) is 0 Å². The van der Waals surface area contributed by atoms with Gasteiger partial charge >= 0.3 is 22.0 Å². The molecule has 1 aliphatic heterocycles. The molecule has 2 amide bonds. The second-order valence-electron chi connectivity index (χ2n) is 6.10. The van der Waals surface area contributed by atoms with E-state index in [9.17, 15) is 44.3 Å². The van der Waals surface area contributed by atoms with Gasteiger partial charge < -0.3 is 8.92 Å². The minimum absolute atomic E-state index is 0.0124. The standard InChI is InChI=1S/C17H9F6NO6S/c1-8-7-9(29-16(18,19)20)5-6-11(8)24-14(25)10-3-2-4-12(13(10)15(24)26)30-31(27,28)17(21,22)23/h2-7H,1H3. The highest BCUT2D eigenvalue weighted by Gasteiger charge is 2.50. The smallest absolute Gasteiger partial charge is 0.406 e. The molecule has 0 radical (unpaired) electrons. The Morgan fingerprint density at radius 2 is 1.58 bits per heavy atom. The van der Waals surface area contributed by atoms with Crippen molar-refractivity contribution in [3.05, 3.63) is 53.1 Å². The molecule has 14 heteroatoms. The van der Waals surface area contributed by atoms with Crippen molar-refractivity contribution in [2.24, 2.45) is 0 Å². The van der Waals surface area contributed by atoms with E-state index in [1.54, 1.807) is 0 Å². The number of anilines is 1. The third-order valence-electron chi connectivity index (χ3n) is 4.00. The molecule has 0 aliphatic carbocycles. The minimum Gasteiger partial charge on any atom is -0.406 e. The molecule has 2 aromatic rings. The number of carbonyl (C=O) groups is 2. The maximum Gasteiger partial charge on any atom is 0.573 e. The predicted octanol–water partition coefficient (Wildman–Crippen LogP) is 3.92. The van der Waals surface area contributed by atoms with Crippen LogP contribution in [0.5, 0.6) is 11.5 Å². The summed E-state index contributed by atoms with van der Waals surface area (Å²) in [5, 5.41) is 0. The molecule has 3 rings (SSSR count). The van der Waals surface area contributed by atoms with E-state index in [2.05, 4.69) is 8.92 Å². The number of hydrogen-bond donors (Lipinski definition) is 0. The molecular formula is C17H9F6NO6S. The van der Waals surface area contributed by atoms with Crippen LogP contribution < -0.4 is 13.8 Å². The van der Waals surface area contributed by atoms with Crippen molar-refractivity contribution in [1.82, 2.24) is 0 Å². The van der Waals surface area contributed by atoms with Crippen molar-refractivity contribution in [2.45, 2.75) is 18.8 Å². The number of amides is 2. The van der Waals surface area contributed by atoms with Gasteiger partial charge in [-0.1, -0.05) is 6.07 Å². The van der Waals surface area contributed by atoms with Gasteiger partial charge in [-0.05, 0) is 42.8 Å². The number of benzene rings is 2. The first-order chi connectivity index (χ1) is 14.1. The van der Waals surface area contributed by atoms with Crippen molar-refractivity contribution in [3.8, 4) is 11.5 Å². The van der Waals surface area contributed by atoms with Gasteiger partial charge in [-0.3, -0.25) is 9.59 Å². The predicted molar refractivity (Wildman–Crippen MR) is 91.0 cm³/mol. The van der Waals surface area contributed by atoms with E-state index in [1.165, 1.54) is 6.92 Å². The van der Waals surface area contributed by atoms with E-state index < -0.39 is 56.4 Å². The van der Waals surface area contributed by atoms with Crippen LogP contribution in [-0.4, -0.2) is 32.1 Å². The van der Waals surface area contributed by atoms with Crippen LogP contribution in [0, 0.1) is 6.92 Å². The lowest BCUT2D eigenvalue weighted by Crippen LogP contribution is -2.31. The van der Waals surface area contributed by atoms with E-state index in [0.717, 1.165) is 36.4 Å². The number of imide groups is 1. The molecule has 0 spiro atoms. The number of aryl methyl sites for hydroxylation is 1. The fourth-order valence-electron chi connectivity index (χ4n) is 2.78. The number of hydrogen-bond acceptors (Lipinski definition) is 6. The van der Waals surface area contributed by atoms with Crippen LogP contribution in [0.25, 0.3) is 0 Å². The van der Waals surface area contributed by atoms with Gasteiger partial charge in [0.2, 0.25) is 0 Å². The number of alkyl halides is 6. The zero-order chi connectivity index (χ0) is 23.4. The Labute approximate surface area is 169 Å². The van der Waals surface area contributed by atoms with Crippen molar-refractivity contribution in [3.63, 3.8) is 0 Å². The van der Waals surface area contributed by atoms with Crippen LogP contribution in [0.3, 0.4) is 0 Å². The highest BCUT2D eigenvalue weighted by molar-refractivity contribution is 7.88. The molecule has 166 valence electrons. The maximum atomic E-state index is 12.8. The van der Waals surface area contributed by atoms with Gasteiger partial charge in [0.1, 0.15) is 5.75 Å². The molecule has 0 bridgehead atoms. The fourth-order valence-corrected chi connectivity index (χ4v) is 3.25. The lowest BCUT2D eigenvalue weighted by Gasteiger charge is -2.18. The fraction of sp³-hybridized carbons (Fsp3) is 0.176. The zero-order valence-electron chi connectivity index (χ0n) is 15.0. The molecule has 0 aromatic heterocycles. The van der Waals surface area contributed by atoms with Gasteiger partial charge in [0.15, 0.2) is 5.75 Å². The number of carbonyl (C=O) groups excluding carboxylic acids is 2. The molecule has 31 heavy (non-hydrogen) atoms. The SMILES string of the molecule is Cc1cc(OC(F)(F)F)ccc1N1C(=O)c2cccc(OS(=O)(=O)C(F)(F)F)c2C1=O. The topological polar surface area (TPSA) is 90.0 Å². The summed E-state index contributed by atoms with van der Waals surface area (Å²) in [6.07, 6.45) is -4.99. The Hall–Kier alpha value is -3.29. The quantitative estimate of drug-likeness (QED) is 0.292. The first-order valence-corrected chi connectivity index (χ1v) is 9.42. The van der Waals surface area contributed by atoms with Gasteiger partial charge in [0.05, 0.1) is 16.8 Å². The van der Waals surface area contributed by atoms with Gasteiger partial charge in [-0.15, -0.1) is 13.2 Å². The summed E-state index contributed by atoms with van der Waals surface area (Å²) >= 11 is 0. The summed E-state index contributed by atoms with van der Waals surface area (Å²) in [4.78, 5) is 25.9. The number of rotatable bonds is 4. The number of fused-ring (bicyclic) bond motifs is 1. The van der Waals surface area contributed by atoms with E-state index in [-0.39, 0.29) is 11.3 Å². The molecule has 0 unspecified atom stereocenters. The molecule has 0 saturated heterocycles. The monoisotopic (exact) mass is 469 g/mol. The molecule has 0 fully saturated rings. The largest absolute Gasteiger partial charge is 0.573 e. The van der Waals surface area contributed by atoms with Crippen LogP contribution in [-0.2, 0) is 10.1 Å². The van der Waals surface area contributed by atoms with Gasteiger partial charge in [0, 0.05) is 0 Å². The molecule has 0 saturated carbocycles. The summed E-state index contributed by atoms with van der Waals surface area (Å²) in [6.45, 7) is 1.26. The lowest BCUT2D eigenvalue weighted by molar-refractivity contribution is -0.274. The molecule has 2 aromatic carbocycles. The van der Waals surface area contributed by atoms with Gasteiger partial charge in [0.25, 0.3) is 11.8 Å². The van der Waals surface area contributed by atoms with Crippen molar-refractivity contribution >= 4 is 27.6 Å². The second kappa shape index (κ2) is 7.14. The number of ether oxygens (including phenoxy) is 1. The van der Waals surface area contributed by atoms with Crippen molar-refractivity contribution < 1.29 is 53.3 Å². The summed E-state index contributed by atoms with van der Waals surface area (Å²) in [6, 6.07) is 5.48. The van der Waals surface area contributed by atoms with Gasteiger partial charge in [-0.25, -0.2) is 4.90 Å². The van der Waals surface area contributed by atoms with Crippen LogP contribution in [0.1, 0.15) is 26.3 Å². The third kappa shape index (κ3) is 4.15. The van der Waals surface area contributed by atoms with E-state index >= 15 is 0 Å². The van der Waals surface area contributed by atoms with Crippen molar-refractivity contribution in [2.75, 3.05) is 4.90 Å². The van der Waals surface area contributed by atoms with E-state index in [1.807, 2.05) is 0 Å². The summed E-state index contributed by atoms with van der Waals surface area (Å²) in [5.41, 5.74) is -7.18. The van der Waals surface area contributed by atoms with Crippen LogP contribution in [0.2, 0.25) is 0 Å². The highest BCUT2D eigenvalue weighted by atomic mass is 32.2. The third-order valence-corrected chi connectivity index (χ3v) is 4.97. The Balaban J connectivity index is 2.02. The first kappa shape index (κ1) is 22.4. The highest BCUT2D eigenvalue weighted by Crippen LogP contribution is 2.38. The van der Waals surface area contributed by atoms with Crippen LogP contribution >= 0.6 is 0 Å². The molecule has 1 heterocycles. The Bertz CT molecular complexity index is 1190. The average Bonchev–Trinajstić information content (AvgIpc) is 2.85. The van der Waals surface area contributed by atoms with Crippen molar-refractivity contribution in [1.29, 1.82) is 0 Å². The summed E-state index contributed by atoms with van der Waals surface area (Å²) in [7, 11) is -6.13. The molecule has 7 nitrogen and oxygen atoms in total. The second-order valence-corrected chi connectivity index (χ2v) is 7.64. The Kier molecular flexibility index (Phi) is 5.16. The number of halogens is 6. The summed E-state index contributed by atoms with van der Waals surface area (Å²) in [5.74, 6) is -3.92. The number of nitrogens with zero attached hydrogens (tertiary/aromatic N) is 1. The summed E-state index contributed by atoms with van der Waals surface area (Å²) < 4.78 is 105. The van der Waals surface area contributed by atoms with Crippen LogP contribution in [0.4, 0.5) is 32.0 Å².